The number of anilines is 2. The van der Waals surface area contributed by atoms with Crippen molar-refractivity contribution >= 4 is 162 Å². The first-order valence-electron chi connectivity index (χ1n) is 49.2. The summed E-state index contributed by atoms with van der Waals surface area (Å²) in [7, 11) is 0. The lowest BCUT2D eigenvalue weighted by molar-refractivity contribution is 0.0877. The molecule has 0 N–H and O–H groups in total. The number of rotatable bonds is 19. The van der Waals surface area contributed by atoms with Crippen LogP contribution in [0.3, 0.4) is 0 Å². The fourth-order valence-corrected chi connectivity index (χ4v) is 23.2. The number of imide groups is 2. The smallest absolute Gasteiger partial charge is 0.266 e. The molecule has 22 rings (SSSR count). The largest absolute Gasteiger partial charge is 0.457 e. The van der Waals surface area contributed by atoms with Crippen molar-refractivity contribution in [2.75, 3.05) is 9.80 Å². The number of benzene rings is 18. The van der Waals surface area contributed by atoms with E-state index in [2.05, 4.69) is 343 Å². The summed E-state index contributed by atoms with van der Waals surface area (Å²) in [6.45, 7) is 56.3. The van der Waals surface area contributed by atoms with E-state index in [1.54, 1.807) is 0 Å². The molecule has 140 heavy (non-hydrogen) atoms. The summed E-state index contributed by atoms with van der Waals surface area (Å²) in [4.78, 5) is 68.7. The molecule has 18 aromatic carbocycles. The Morgan fingerprint density at radius 2 is 0.493 bits per heavy atom. The van der Waals surface area contributed by atoms with Gasteiger partial charge in [0.15, 0.2) is 0 Å². The summed E-state index contributed by atoms with van der Waals surface area (Å²) < 4.78 is 31.0. The normalized spacial score (nSPS) is 13.7. The number of hydrogen-bond acceptors (Lipinski definition) is 8. The van der Waals surface area contributed by atoms with Gasteiger partial charge in [-0.3, -0.25) is 19.2 Å². The standard InChI is InChI=1S/C128H114Br2N2O8/c1-63(2)91-55-73(69(11)129)56-92(64(3)4)119(91)131-121(133)99-59-103(137-79-35-27-75(28-36-79)125(13,14)15)113-87-47-43-83-95-51-67(9)71(53-97(95)85-45-49-89(109(87)107(83)85)115-105(61-101(123(131)135)111(99)117(113)115)139-81-39-31-77(32-40-81)127(19,20)21)25-26-72-54-98-86-46-50-90-110-88(48-44-84(108(86)110)96(98)52-68(72)10)114-104(138-80-37-29-76(30-38-80)126(16,17)18)60-100-112-102(62-106(116(90)118(112)114)140-82-41-33-78(34-42-82)128(22,23)24)124(136)132(122(100)134)120-93(65(5)6)57-74(70(12)130)58-94(120)66(7)8/h27-66H,11-12,25-26H2,1-10,13-24H3. The van der Waals surface area contributed by atoms with E-state index in [1.807, 2.05) is 72.8 Å². The molecule has 0 unspecified atom stereocenters. The highest BCUT2D eigenvalue weighted by Gasteiger charge is 2.45. The van der Waals surface area contributed by atoms with E-state index < -0.39 is 23.6 Å². The Balaban J connectivity index is 0.692. The van der Waals surface area contributed by atoms with Crippen LogP contribution in [0.1, 0.15) is 281 Å². The summed E-state index contributed by atoms with van der Waals surface area (Å²) in [6.07, 6.45) is 1.53. The van der Waals surface area contributed by atoms with Crippen LogP contribution in [-0.4, -0.2) is 23.6 Å². The number of hydrogen-bond donors (Lipinski definition) is 0. The molecule has 0 fully saturated rings. The monoisotopic (exact) mass is 1960 g/mol. The molecular weight excluding hydrogens is 1850 g/mol. The van der Waals surface area contributed by atoms with Crippen LogP contribution in [-0.2, 0) is 34.5 Å². The van der Waals surface area contributed by atoms with E-state index in [-0.39, 0.29) is 45.3 Å². The minimum Gasteiger partial charge on any atom is -0.457 e. The third-order valence-corrected chi connectivity index (χ3v) is 31.2. The van der Waals surface area contributed by atoms with Crippen molar-refractivity contribution in [2.24, 2.45) is 0 Å². The van der Waals surface area contributed by atoms with Gasteiger partial charge in [-0.15, -0.1) is 0 Å². The maximum atomic E-state index is 16.5. The zero-order valence-corrected chi connectivity index (χ0v) is 87.0. The predicted octanol–water partition coefficient (Wildman–Crippen LogP) is 36.7. The summed E-state index contributed by atoms with van der Waals surface area (Å²) in [5, 5.41) is 13.7. The second-order valence-corrected chi connectivity index (χ2v) is 46.7. The molecule has 12 heteroatoms. The zero-order valence-electron chi connectivity index (χ0n) is 83.8. The van der Waals surface area contributed by atoms with Gasteiger partial charge in [0.2, 0.25) is 0 Å². The Labute approximate surface area is 836 Å². The summed E-state index contributed by atoms with van der Waals surface area (Å²) in [6, 6.07) is 76.7. The highest BCUT2D eigenvalue weighted by molar-refractivity contribution is 9.15. The molecule has 4 aliphatic rings. The number of nitrogens with zero attached hydrogens (tertiary/aromatic N) is 2. The van der Waals surface area contributed by atoms with Crippen molar-refractivity contribution < 1.29 is 38.1 Å². The van der Waals surface area contributed by atoms with E-state index in [1.165, 1.54) is 32.1 Å². The number of ether oxygens (including phenoxy) is 4. The Kier molecular flexibility index (Phi) is 21.3. The Morgan fingerprint density at radius 1 is 0.271 bits per heavy atom. The van der Waals surface area contributed by atoms with E-state index in [0.29, 0.717) is 110 Å². The molecule has 698 valence electrons. The third-order valence-electron chi connectivity index (χ3n) is 30.3. The molecule has 0 atom stereocenters. The predicted molar refractivity (Wildman–Crippen MR) is 589 cm³/mol. The van der Waals surface area contributed by atoms with Crippen LogP contribution in [0.25, 0.3) is 140 Å². The molecule has 0 aromatic heterocycles. The lowest BCUT2D eigenvalue weighted by Gasteiger charge is -2.34. The molecule has 2 heterocycles. The molecule has 10 nitrogen and oxygen atoms in total. The minimum absolute atomic E-state index is 0.0889. The highest BCUT2D eigenvalue weighted by Crippen LogP contribution is 2.62. The van der Waals surface area contributed by atoms with Crippen molar-refractivity contribution in [3.05, 3.63) is 332 Å². The average Bonchev–Trinajstić information content (AvgIpc) is 1.12. The van der Waals surface area contributed by atoms with Crippen molar-refractivity contribution in [3.8, 4) is 90.5 Å². The molecular formula is C128H114Br2N2O8. The number of fused-ring (bicyclic) bond motifs is 10. The lowest BCUT2D eigenvalue weighted by Crippen LogP contribution is -2.42. The first kappa shape index (κ1) is 91.6. The van der Waals surface area contributed by atoms with Crippen LogP contribution in [0.4, 0.5) is 11.4 Å². The van der Waals surface area contributed by atoms with Gasteiger partial charge in [-0.1, -0.05) is 305 Å². The topological polar surface area (TPSA) is 112 Å². The summed E-state index contributed by atoms with van der Waals surface area (Å²) in [5.74, 6) is 2.28. The van der Waals surface area contributed by atoms with Gasteiger partial charge in [-0.25, -0.2) is 9.80 Å². The lowest BCUT2D eigenvalue weighted by atomic mass is 9.82. The first-order chi connectivity index (χ1) is 66.4. The minimum atomic E-state index is -0.433. The van der Waals surface area contributed by atoms with E-state index in [0.717, 1.165) is 178 Å². The SMILES string of the molecule is C=C(Br)c1cc(C(C)C)c(N2C(=O)c3cc(Oc4ccc(C(C)(C)C)cc4)c4c5ccc6c7c(ccc(c8c(Oc9ccc(C(C)(C)C)cc9)cc(c3c48)C2=O)c75)-c2cc(CCc3cc4c(cc3C)-c3ccc5c7c(Oc8ccc(C(C)(C)C)cc8)cc8c9c(cc(Oc%10ccc(C(C)(C)C)cc%10)c(c%10ccc-4c3c5%10)c97)C(=O)N(c3c(C(C)C)cc(C(=C)Br)cc3C(C)C)C8=O)c(C)cc2-6)c(C(C)C)c1. The number of amides is 4. The molecule has 0 bridgehead atoms. The number of halogens is 2. The van der Waals surface area contributed by atoms with E-state index in [9.17, 15) is 0 Å². The average molecular weight is 1970 g/mol. The van der Waals surface area contributed by atoms with Gasteiger partial charge in [0.1, 0.15) is 46.0 Å². The van der Waals surface area contributed by atoms with Gasteiger partial charge in [0.05, 0.1) is 33.6 Å². The quantitative estimate of drug-likeness (QED) is 0.0447. The number of carbonyl (C=O) groups excluding carboxylic acids is 4. The van der Waals surface area contributed by atoms with Gasteiger partial charge in [-0.2, -0.15) is 0 Å². The van der Waals surface area contributed by atoms with Crippen molar-refractivity contribution in [3.63, 3.8) is 0 Å². The van der Waals surface area contributed by atoms with E-state index in [4.69, 9.17) is 18.9 Å². The Morgan fingerprint density at radius 3 is 0.707 bits per heavy atom. The number of aryl methyl sites for hydroxylation is 4. The van der Waals surface area contributed by atoms with Crippen LogP contribution < -0.4 is 28.7 Å². The molecule has 0 saturated heterocycles. The van der Waals surface area contributed by atoms with Crippen LogP contribution in [0.2, 0.25) is 0 Å². The molecule has 18 aromatic rings. The van der Waals surface area contributed by atoms with Gasteiger partial charge in [-0.05, 0) is 335 Å². The van der Waals surface area contributed by atoms with E-state index >= 15 is 19.2 Å². The Hall–Kier alpha value is -13.5. The first-order valence-corrected chi connectivity index (χ1v) is 50.8. The fraction of sp³-hybridized carbons (Fsp3) is 0.250. The molecule has 0 spiro atoms. The molecule has 4 amide bonds. The van der Waals surface area contributed by atoms with Gasteiger partial charge >= 0.3 is 0 Å². The van der Waals surface area contributed by atoms with Crippen molar-refractivity contribution in [2.45, 2.75) is 210 Å². The molecule has 0 saturated carbocycles. The van der Waals surface area contributed by atoms with Crippen molar-refractivity contribution in [1.29, 1.82) is 0 Å². The van der Waals surface area contributed by atoms with Gasteiger partial charge < -0.3 is 18.9 Å². The fourth-order valence-electron chi connectivity index (χ4n) is 22.8. The third kappa shape index (κ3) is 14.4. The van der Waals surface area contributed by atoms with Crippen molar-refractivity contribution in [1.82, 2.24) is 0 Å². The van der Waals surface area contributed by atoms with Crippen LogP contribution in [0.5, 0.6) is 46.0 Å². The maximum Gasteiger partial charge on any atom is 0.266 e. The second kappa shape index (κ2) is 32.5. The number of carbonyl (C=O) groups is 4. The molecule has 0 radical (unpaired) electrons. The molecule has 2 aliphatic heterocycles. The second-order valence-electron chi connectivity index (χ2n) is 44.8. The summed E-state index contributed by atoms with van der Waals surface area (Å²) in [5.41, 5.74) is 25.9. The zero-order chi connectivity index (χ0) is 98.6. The summed E-state index contributed by atoms with van der Waals surface area (Å²) >= 11 is 7.38. The Bertz CT molecular complexity index is 7710. The van der Waals surface area contributed by atoms with Gasteiger partial charge in [0.25, 0.3) is 23.6 Å². The van der Waals surface area contributed by atoms with Crippen LogP contribution >= 0.6 is 31.9 Å². The van der Waals surface area contributed by atoms with Crippen LogP contribution in [0, 0.1) is 13.8 Å². The maximum absolute atomic E-state index is 16.5. The van der Waals surface area contributed by atoms with Gasteiger partial charge in [0, 0.05) is 52.1 Å². The highest BCUT2D eigenvalue weighted by atomic mass is 79.9. The molecule has 2 aliphatic carbocycles. The van der Waals surface area contributed by atoms with Crippen LogP contribution in [0.15, 0.2) is 232 Å².